The van der Waals surface area contributed by atoms with Crippen LogP contribution in [0, 0.1) is 12.7 Å². The summed E-state index contributed by atoms with van der Waals surface area (Å²) in [6, 6.07) is 6.76. The summed E-state index contributed by atoms with van der Waals surface area (Å²) in [6.45, 7) is 2.28. The molecule has 0 saturated carbocycles. The minimum absolute atomic E-state index is 0.0398. The fraction of sp³-hybridized carbons (Fsp3) is 0.263. The molecule has 26 heavy (non-hydrogen) atoms. The maximum absolute atomic E-state index is 13.1. The van der Waals surface area contributed by atoms with Crippen LogP contribution in [0.15, 0.2) is 42.4 Å². The molecule has 0 atom stereocenters. The topological polar surface area (TPSA) is 103 Å². The fourth-order valence-corrected chi connectivity index (χ4v) is 2.51. The number of hydrogen-bond donors (Lipinski definition) is 3. The lowest BCUT2D eigenvalue weighted by Gasteiger charge is -2.11. The first-order valence-corrected chi connectivity index (χ1v) is 8.20. The molecule has 5 N–H and O–H groups in total. The van der Waals surface area contributed by atoms with Crippen LogP contribution in [-0.4, -0.2) is 24.5 Å². The van der Waals surface area contributed by atoms with Crippen LogP contribution in [0.4, 0.5) is 4.39 Å². The zero-order valence-electron chi connectivity index (χ0n) is 14.9. The summed E-state index contributed by atoms with van der Waals surface area (Å²) in [4.78, 5) is 15.9. The van der Waals surface area contributed by atoms with Crippen molar-refractivity contribution >= 4 is 11.6 Å². The summed E-state index contributed by atoms with van der Waals surface area (Å²) in [5, 5.41) is 2.71. The molecule has 0 unspecified atom stereocenters. The van der Waals surface area contributed by atoms with Gasteiger partial charge in [0.2, 0.25) is 0 Å². The third kappa shape index (κ3) is 4.95. The number of pyridine rings is 1. The summed E-state index contributed by atoms with van der Waals surface area (Å²) >= 11 is 0. The molecule has 0 saturated heterocycles. The molecular weight excluding hydrogens is 335 g/mol. The van der Waals surface area contributed by atoms with Gasteiger partial charge in [-0.1, -0.05) is 0 Å². The van der Waals surface area contributed by atoms with Gasteiger partial charge in [0.05, 0.1) is 19.0 Å². The Morgan fingerprint density at radius 1 is 1.27 bits per heavy atom. The van der Waals surface area contributed by atoms with E-state index in [0.29, 0.717) is 24.9 Å². The molecule has 1 amide bonds. The molecule has 2 aromatic rings. The van der Waals surface area contributed by atoms with Crippen LogP contribution in [0.2, 0.25) is 0 Å². The molecule has 0 fully saturated rings. The van der Waals surface area contributed by atoms with Crippen molar-refractivity contribution in [3.63, 3.8) is 0 Å². The van der Waals surface area contributed by atoms with Crippen LogP contribution in [0.3, 0.4) is 0 Å². The molecule has 0 aliphatic heterocycles. The van der Waals surface area contributed by atoms with E-state index in [0.717, 1.165) is 23.1 Å². The van der Waals surface area contributed by atoms with E-state index in [9.17, 15) is 9.18 Å². The number of nitrogens with two attached hydrogens (primary N) is 2. The fourth-order valence-electron chi connectivity index (χ4n) is 2.51. The lowest BCUT2D eigenvalue weighted by Crippen LogP contribution is -2.31. The van der Waals surface area contributed by atoms with Crippen molar-refractivity contribution < 1.29 is 13.9 Å². The largest absolute Gasteiger partial charge is 0.496 e. The van der Waals surface area contributed by atoms with Gasteiger partial charge >= 0.3 is 0 Å². The van der Waals surface area contributed by atoms with Gasteiger partial charge < -0.3 is 21.5 Å². The first kappa shape index (κ1) is 19.2. The molecule has 0 radical (unpaired) electrons. The zero-order valence-corrected chi connectivity index (χ0v) is 14.9. The minimum Gasteiger partial charge on any atom is -0.496 e. The van der Waals surface area contributed by atoms with Gasteiger partial charge in [0.15, 0.2) is 0 Å². The van der Waals surface area contributed by atoms with E-state index in [-0.39, 0.29) is 17.2 Å². The number of halogens is 1. The number of rotatable bonds is 7. The van der Waals surface area contributed by atoms with Crippen LogP contribution in [-0.2, 0) is 11.2 Å². The number of carbonyl (C=O) groups is 1. The number of nitrogens with one attached hydrogen (secondary N) is 1. The third-order valence-corrected chi connectivity index (χ3v) is 3.93. The highest BCUT2D eigenvalue weighted by atomic mass is 19.1. The smallest absolute Gasteiger partial charge is 0.269 e. The Bertz CT molecular complexity index is 821. The Kier molecular flexibility index (Phi) is 6.54. The first-order valence-electron chi connectivity index (χ1n) is 8.20. The summed E-state index contributed by atoms with van der Waals surface area (Å²) < 4.78 is 18.3. The van der Waals surface area contributed by atoms with Gasteiger partial charge in [-0.2, -0.15) is 0 Å². The molecule has 6 nitrogen and oxygen atoms in total. The van der Waals surface area contributed by atoms with Gasteiger partial charge in [0.1, 0.15) is 17.3 Å². The standard InChI is InChI=1S/C19H23FN4O2/c1-12-8-14(5-6-16(12)26-2)17(21)18(22)19(25)24-7-3-4-13-9-15(20)11-23-10-13/h5-6,8-11H,3-4,7,21-22H2,1-2H3,(H,24,25)/b18-17-. The molecule has 1 aromatic carbocycles. The number of nitrogens with zero attached hydrogens (tertiary/aromatic N) is 1. The van der Waals surface area contributed by atoms with E-state index in [1.54, 1.807) is 25.4 Å². The second-order valence-corrected chi connectivity index (χ2v) is 5.88. The number of benzene rings is 1. The van der Waals surface area contributed by atoms with Gasteiger partial charge in [-0.15, -0.1) is 0 Å². The molecule has 0 bridgehead atoms. The van der Waals surface area contributed by atoms with Gasteiger partial charge in [-0.3, -0.25) is 9.78 Å². The lowest BCUT2D eigenvalue weighted by molar-refractivity contribution is -0.117. The monoisotopic (exact) mass is 358 g/mol. The van der Waals surface area contributed by atoms with Gasteiger partial charge in [-0.05, 0) is 55.2 Å². The Morgan fingerprint density at radius 2 is 2.04 bits per heavy atom. The van der Waals surface area contributed by atoms with Crippen LogP contribution in [0.25, 0.3) is 5.70 Å². The number of aryl methyl sites for hydroxylation is 2. The first-order chi connectivity index (χ1) is 12.4. The van der Waals surface area contributed by atoms with Crippen molar-refractivity contribution in [1.29, 1.82) is 0 Å². The second kappa shape index (κ2) is 8.84. The van der Waals surface area contributed by atoms with E-state index >= 15 is 0 Å². The van der Waals surface area contributed by atoms with Crippen molar-refractivity contribution in [1.82, 2.24) is 10.3 Å². The number of methoxy groups -OCH3 is 1. The van der Waals surface area contributed by atoms with E-state index in [4.69, 9.17) is 16.2 Å². The van der Waals surface area contributed by atoms with Gasteiger partial charge in [0, 0.05) is 18.3 Å². The van der Waals surface area contributed by atoms with E-state index in [2.05, 4.69) is 10.3 Å². The molecule has 2 rings (SSSR count). The average molecular weight is 358 g/mol. The molecular formula is C19H23FN4O2. The Morgan fingerprint density at radius 3 is 2.69 bits per heavy atom. The molecule has 1 aromatic heterocycles. The van der Waals surface area contributed by atoms with Crippen molar-refractivity contribution in [3.05, 3.63) is 64.9 Å². The zero-order chi connectivity index (χ0) is 19.1. The van der Waals surface area contributed by atoms with Crippen LogP contribution in [0.1, 0.15) is 23.1 Å². The molecule has 0 spiro atoms. The third-order valence-electron chi connectivity index (χ3n) is 3.93. The summed E-state index contributed by atoms with van der Waals surface area (Å²) in [7, 11) is 1.59. The number of aromatic nitrogens is 1. The summed E-state index contributed by atoms with van der Waals surface area (Å²) in [6.07, 6.45) is 3.98. The predicted octanol–water partition coefficient (Wildman–Crippen LogP) is 1.87. The lowest BCUT2D eigenvalue weighted by atomic mass is 10.1. The number of carbonyl (C=O) groups excluding carboxylic acids is 1. The van der Waals surface area contributed by atoms with Crippen LogP contribution < -0.4 is 21.5 Å². The number of hydrogen-bond acceptors (Lipinski definition) is 5. The van der Waals surface area contributed by atoms with Crippen molar-refractivity contribution in [2.75, 3.05) is 13.7 Å². The van der Waals surface area contributed by atoms with E-state index < -0.39 is 5.91 Å². The summed E-state index contributed by atoms with van der Waals surface area (Å²) in [5.41, 5.74) is 14.4. The highest BCUT2D eigenvalue weighted by Crippen LogP contribution is 2.21. The minimum atomic E-state index is -0.437. The van der Waals surface area contributed by atoms with Crippen molar-refractivity contribution in [2.45, 2.75) is 19.8 Å². The Balaban J connectivity index is 1.93. The maximum atomic E-state index is 13.1. The van der Waals surface area contributed by atoms with Crippen molar-refractivity contribution in [2.24, 2.45) is 11.5 Å². The SMILES string of the molecule is COc1ccc(/C(N)=C(/N)C(=O)NCCCc2cncc(F)c2)cc1C. The molecule has 0 aliphatic carbocycles. The average Bonchev–Trinajstić information content (AvgIpc) is 2.63. The maximum Gasteiger partial charge on any atom is 0.269 e. The second-order valence-electron chi connectivity index (χ2n) is 5.88. The van der Waals surface area contributed by atoms with E-state index in [1.165, 1.54) is 6.07 Å². The molecule has 1 heterocycles. The highest BCUT2D eigenvalue weighted by molar-refractivity contribution is 5.99. The quantitative estimate of drug-likeness (QED) is 0.518. The Labute approximate surface area is 152 Å². The highest BCUT2D eigenvalue weighted by Gasteiger charge is 2.12. The molecule has 7 heteroatoms. The molecule has 138 valence electrons. The van der Waals surface area contributed by atoms with Crippen LogP contribution >= 0.6 is 0 Å². The van der Waals surface area contributed by atoms with E-state index in [1.807, 2.05) is 13.0 Å². The summed E-state index contributed by atoms with van der Waals surface area (Å²) in [5.74, 6) is -0.0778. The molecule has 0 aliphatic rings. The number of amides is 1. The van der Waals surface area contributed by atoms with Gasteiger partial charge in [-0.25, -0.2) is 4.39 Å². The normalized spacial score (nSPS) is 11.7. The predicted molar refractivity (Wildman–Crippen MR) is 98.6 cm³/mol. The Hall–Kier alpha value is -3.09. The number of ether oxygens (including phenoxy) is 1. The van der Waals surface area contributed by atoms with Gasteiger partial charge in [0.25, 0.3) is 5.91 Å². The van der Waals surface area contributed by atoms with Crippen molar-refractivity contribution in [3.8, 4) is 5.75 Å². The van der Waals surface area contributed by atoms with Crippen LogP contribution in [0.5, 0.6) is 5.75 Å².